The van der Waals surface area contributed by atoms with Gasteiger partial charge in [-0.2, -0.15) is 0 Å². The van der Waals surface area contributed by atoms with E-state index in [9.17, 15) is 14.7 Å². The van der Waals surface area contributed by atoms with Crippen LogP contribution in [0.25, 0.3) is 5.57 Å². The van der Waals surface area contributed by atoms with Gasteiger partial charge in [-0.3, -0.25) is 9.59 Å². The van der Waals surface area contributed by atoms with Crippen molar-refractivity contribution in [3.63, 3.8) is 0 Å². The van der Waals surface area contributed by atoms with Gasteiger partial charge in [0.2, 0.25) is 0 Å². The molecule has 2 amide bonds. The number of aliphatic hydroxyl groups excluding tert-OH is 1. The fourth-order valence-electron chi connectivity index (χ4n) is 2.93. The lowest BCUT2D eigenvalue weighted by atomic mass is 10.1. The summed E-state index contributed by atoms with van der Waals surface area (Å²) in [6.07, 6.45) is 0.749. The second kappa shape index (κ2) is 8.17. The average molecular weight is 381 g/mol. The summed E-state index contributed by atoms with van der Waals surface area (Å²) in [5, 5.41) is 10.4. The van der Waals surface area contributed by atoms with Crippen LogP contribution in [-0.4, -0.2) is 29.6 Å². The van der Waals surface area contributed by atoms with E-state index in [1.165, 1.54) is 0 Å². The van der Waals surface area contributed by atoms with Crippen LogP contribution in [0.3, 0.4) is 0 Å². The number of aliphatic hydroxyl groups is 1. The molecular formula is C22H23NO5. The summed E-state index contributed by atoms with van der Waals surface area (Å²) in [6.45, 7) is 6.31. The van der Waals surface area contributed by atoms with Crippen LogP contribution in [0.2, 0.25) is 0 Å². The largest absolute Gasteiger partial charge is 0.502 e. The molecule has 0 bridgehead atoms. The van der Waals surface area contributed by atoms with Crippen molar-refractivity contribution < 1.29 is 24.2 Å². The lowest BCUT2D eigenvalue weighted by molar-refractivity contribution is -0.121. The first-order chi connectivity index (χ1) is 13.4. The van der Waals surface area contributed by atoms with Gasteiger partial charge in [0, 0.05) is 0 Å². The number of anilines is 1. The fourth-order valence-corrected chi connectivity index (χ4v) is 2.93. The number of carbonyl (C=O) groups excluding carboxylic acids is 2. The highest BCUT2D eigenvalue weighted by atomic mass is 16.5. The van der Waals surface area contributed by atoms with Crippen LogP contribution < -0.4 is 14.4 Å². The van der Waals surface area contributed by atoms with Gasteiger partial charge in [0.15, 0.2) is 5.76 Å². The average Bonchev–Trinajstić information content (AvgIpc) is 2.89. The Kier molecular flexibility index (Phi) is 5.68. The Morgan fingerprint density at radius 1 is 1.00 bits per heavy atom. The Balaban J connectivity index is 1.93. The number of rotatable bonds is 7. The van der Waals surface area contributed by atoms with Gasteiger partial charge in [-0.25, -0.2) is 4.90 Å². The smallest absolute Gasteiger partial charge is 0.301 e. The molecule has 6 nitrogen and oxygen atoms in total. The number of nitrogens with zero attached hydrogens (tertiary/aromatic N) is 1. The molecule has 6 heteroatoms. The van der Waals surface area contributed by atoms with Crippen molar-refractivity contribution in [1.29, 1.82) is 0 Å². The van der Waals surface area contributed by atoms with E-state index in [2.05, 4.69) is 0 Å². The third-order valence-electron chi connectivity index (χ3n) is 4.14. The van der Waals surface area contributed by atoms with Crippen LogP contribution in [0.15, 0.2) is 54.3 Å². The van der Waals surface area contributed by atoms with Gasteiger partial charge in [-0.05, 0) is 50.1 Å². The van der Waals surface area contributed by atoms with Gasteiger partial charge in [0.1, 0.15) is 11.5 Å². The van der Waals surface area contributed by atoms with Crippen molar-refractivity contribution in [3.05, 3.63) is 59.9 Å². The quantitative estimate of drug-likeness (QED) is 0.731. The minimum absolute atomic E-state index is 0.0357. The van der Waals surface area contributed by atoms with E-state index >= 15 is 0 Å². The molecule has 146 valence electrons. The molecular weight excluding hydrogens is 358 g/mol. The molecule has 3 rings (SSSR count). The molecule has 0 spiro atoms. The monoisotopic (exact) mass is 381 g/mol. The lowest BCUT2D eigenvalue weighted by Gasteiger charge is -2.20. The second-order valence-electron chi connectivity index (χ2n) is 6.68. The van der Waals surface area contributed by atoms with Gasteiger partial charge >= 0.3 is 5.91 Å². The van der Waals surface area contributed by atoms with Crippen LogP contribution in [0.1, 0.15) is 32.8 Å². The van der Waals surface area contributed by atoms with Crippen LogP contribution in [0.5, 0.6) is 11.5 Å². The third-order valence-corrected chi connectivity index (χ3v) is 4.14. The van der Waals surface area contributed by atoms with Crippen molar-refractivity contribution in [1.82, 2.24) is 0 Å². The highest BCUT2D eigenvalue weighted by molar-refractivity contribution is 6.45. The van der Waals surface area contributed by atoms with E-state index in [1.807, 2.05) is 20.8 Å². The Morgan fingerprint density at radius 3 is 2.32 bits per heavy atom. The van der Waals surface area contributed by atoms with Gasteiger partial charge in [0.05, 0.1) is 24.0 Å². The molecule has 0 atom stereocenters. The maximum Gasteiger partial charge on any atom is 0.301 e. The minimum Gasteiger partial charge on any atom is -0.502 e. The maximum absolute atomic E-state index is 13.0. The number of imide groups is 1. The van der Waals surface area contributed by atoms with E-state index in [0.29, 0.717) is 29.4 Å². The SMILES string of the molecule is CCCOc1ccc(C2=C(O)C(=O)N(c3ccccc3OC(C)C)C2=O)cc1. The molecule has 0 fully saturated rings. The predicted octanol–water partition coefficient (Wildman–Crippen LogP) is 4.11. The maximum atomic E-state index is 13.0. The van der Waals surface area contributed by atoms with Crippen LogP contribution in [0.4, 0.5) is 5.69 Å². The Morgan fingerprint density at radius 2 is 1.68 bits per heavy atom. The van der Waals surface area contributed by atoms with E-state index in [-0.39, 0.29) is 11.7 Å². The molecule has 1 N–H and O–H groups in total. The van der Waals surface area contributed by atoms with E-state index < -0.39 is 17.6 Å². The molecule has 0 aromatic heterocycles. The number of amides is 2. The standard InChI is InChI=1S/C22H23NO5/c1-4-13-27-16-11-9-15(10-12-16)19-20(24)22(26)23(21(19)25)17-7-5-6-8-18(17)28-14(2)3/h5-12,14,24H,4,13H2,1-3H3. The molecule has 28 heavy (non-hydrogen) atoms. The molecule has 0 saturated heterocycles. The van der Waals surface area contributed by atoms with Crippen LogP contribution in [0, 0.1) is 0 Å². The molecule has 0 unspecified atom stereocenters. The number of carbonyl (C=O) groups is 2. The summed E-state index contributed by atoms with van der Waals surface area (Å²) in [5.41, 5.74) is 0.714. The van der Waals surface area contributed by atoms with Gasteiger partial charge < -0.3 is 14.6 Å². The first-order valence-corrected chi connectivity index (χ1v) is 9.25. The summed E-state index contributed by atoms with van der Waals surface area (Å²) in [6, 6.07) is 13.5. The topological polar surface area (TPSA) is 76.1 Å². The third kappa shape index (κ3) is 3.71. The molecule has 1 heterocycles. The van der Waals surface area contributed by atoms with Crippen molar-refractivity contribution in [3.8, 4) is 11.5 Å². The van der Waals surface area contributed by atoms with Gasteiger partial charge in [-0.15, -0.1) is 0 Å². The van der Waals surface area contributed by atoms with E-state index in [4.69, 9.17) is 9.47 Å². The number of hydrogen-bond donors (Lipinski definition) is 1. The van der Waals surface area contributed by atoms with Crippen molar-refractivity contribution in [2.75, 3.05) is 11.5 Å². The molecule has 0 aliphatic carbocycles. The summed E-state index contributed by atoms with van der Waals surface area (Å²) >= 11 is 0. The Labute approximate surface area is 164 Å². The minimum atomic E-state index is -0.772. The van der Waals surface area contributed by atoms with Crippen molar-refractivity contribution in [2.45, 2.75) is 33.3 Å². The molecule has 1 aliphatic heterocycles. The zero-order valence-electron chi connectivity index (χ0n) is 16.1. The van der Waals surface area contributed by atoms with Crippen molar-refractivity contribution in [2.24, 2.45) is 0 Å². The number of ether oxygens (including phenoxy) is 2. The Bertz CT molecular complexity index is 915. The molecule has 2 aromatic rings. The van der Waals surface area contributed by atoms with Crippen LogP contribution >= 0.6 is 0 Å². The first-order valence-electron chi connectivity index (χ1n) is 9.25. The zero-order valence-corrected chi connectivity index (χ0v) is 16.1. The van der Waals surface area contributed by atoms with Gasteiger partial charge in [-0.1, -0.05) is 31.2 Å². The van der Waals surface area contributed by atoms with Crippen LogP contribution in [-0.2, 0) is 9.59 Å². The van der Waals surface area contributed by atoms with Gasteiger partial charge in [0.25, 0.3) is 5.91 Å². The van der Waals surface area contributed by atoms with Crippen molar-refractivity contribution >= 4 is 23.1 Å². The summed E-state index contributed by atoms with van der Waals surface area (Å²) in [5.74, 6) is -0.881. The molecule has 0 saturated carbocycles. The zero-order chi connectivity index (χ0) is 20.3. The molecule has 0 radical (unpaired) electrons. The molecule has 2 aromatic carbocycles. The second-order valence-corrected chi connectivity index (χ2v) is 6.68. The summed E-state index contributed by atoms with van der Waals surface area (Å²) in [4.78, 5) is 26.6. The highest BCUT2D eigenvalue weighted by Crippen LogP contribution is 2.37. The van der Waals surface area contributed by atoms with E-state index in [1.54, 1.807) is 48.5 Å². The number of para-hydroxylation sites is 2. The predicted molar refractivity (Wildman–Crippen MR) is 106 cm³/mol. The first kappa shape index (κ1) is 19.5. The lowest BCUT2D eigenvalue weighted by Crippen LogP contribution is -2.32. The summed E-state index contributed by atoms with van der Waals surface area (Å²) < 4.78 is 11.3. The molecule has 1 aliphatic rings. The van der Waals surface area contributed by atoms with E-state index in [0.717, 1.165) is 11.3 Å². The Hall–Kier alpha value is -3.28. The fraction of sp³-hybridized carbons (Fsp3) is 0.273. The summed E-state index contributed by atoms with van der Waals surface area (Å²) in [7, 11) is 0. The number of hydrogen-bond acceptors (Lipinski definition) is 5. The normalized spacial score (nSPS) is 14.2. The highest BCUT2D eigenvalue weighted by Gasteiger charge is 2.41. The number of benzene rings is 2.